The molecule has 0 aromatic rings. The maximum atomic E-state index is 11.1. The summed E-state index contributed by atoms with van der Waals surface area (Å²) in [4.78, 5) is 21.6. The molecule has 5 N–H and O–H groups in total. The Morgan fingerprint density at radius 2 is 1.92 bits per heavy atom. The van der Waals surface area contributed by atoms with Crippen LogP contribution in [-0.4, -0.2) is 23.9 Å². The second-order valence-electron chi connectivity index (χ2n) is 3.21. The van der Waals surface area contributed by atoms with E-state index in [0.717, 1.165) is 0 Å². The predicted octanol–water partition coefficient (Wildman–Crippen LogP) is -0.896. The van der Waals surface area contributed by atoms with Crippen molar-refractivity contribution in [3.8, 4) is 0 Å². The molecular weight excluding hydrogens is 170 g/mol. The summed E-state index contributed by atoms with van der Waals surface area (Å²) in [6.45, 7) is 3.37. The highest BCUT2D eigenvalue weighted by molar-refractivity contribution is 5.86. The molecule has 0 spiro atoms. The number of rotatable bonds is 5. The van der Waals surface area contributed by atoms with Crippen LogP contribution in [0.4, 0.5) is 0 Å². The summed E-state index contributed by atoms with van der Waals surface area (Å²) in [5.74, 6) is -0.724. The summed E-state index contributed by atoms with van der Waals surface area (Å²) in [6, 6.07) is -0.616. The van der Waals surface area contributed by atoms with E-state index < -0.39 is 11.9 Å². The number of carbonyl (C=O) groups excluding carboxylic acids is 2. The van der Waals surface area contributed by atoms with Gasteiger partial charge in [0.2, 0.25) is 11.8 Å². The molecule has 2 amide bonds. The smallest absolute Gasteiger partial charge is 0.239 e. The fraction of sp³-hybridized carbons (Fsp3) is 0.750. The summed E-state index contributed by atoms with van der Waals surface area (Å²) in [7, 11) is 0. The zero-order valence-corrected chi connectivity index (χ0v) is 8.04. The molecule has 0 aliphatic heterocycles. The maximum Gasteiger partial charge on any atom is 0.239 e. The average molecular weight is 187 g/mol. The molecule has 0 saturated heterocycles. The van der Waals surface area contributed by atoms with Gasteiger partial charge in [-0.25, -0.2) is 0 Å². The van der Waals surface area contributed by atoms with Crippen LogP contribution in [-0.2, 0) is 9.59 Å². The van der Waals surface area contributed by atoms with Gasteiger partial charge in [0.25, 0.3) is 0 Å². The number of hydrogen-bond donors (Lipinski definition) is 3. The second-order valence-corrected chi connectivity index (χ2v) is 3.21. The first-order chi connectivity index (χ1) is 5.93. The average Bonchev–Trinajstić information content (AvgIpc) is 2.00. The number of hydrogen-bond acceptors (Lipinski definition) is 3. The molecule has 0 aliphatic carbocycles. The van der Waals surface area contributed by atoms with Crippen LogP contribution in [0.25, 0.3) is 0 Å². The molecule has 0 rings (SSSR count). The third-order valence-electron chi connectivity index (χ3n) is 1.63. The lowest BCUT2D eigenvalue weighted by atomic mass is 10.2. The van der Waals surface area contributed by atoms with E-state index in [4.69, 9.17) is 11.5 Å². The van der Waals surface area contributed by atoms with Crippen molar-refractivity contribution in [3.63, 3.8) is 0 Å². The first-order valence-electron chi connectivity index (χ1n) is 4.27. The summed E-state index contributed by atoms with van der Waals surface area (Å²) in [5, 5.41) is 2.47. The molecule has 2 unspecified atom stereocenters. The number of primary amides is 1. The topological polar surface area (TPSA) is 98.2 Å². The van der Waals surface area contributed by atoms with E-state index in [9.17, 15) is 9.59 Å². The fourth-order valence-electron chi connectivity index (χ4n) is 0.744. The predicted molar refractivity (Wildman–Crippen MR) is 49.7 cm³/mol. The van der Waals surface area contributed by atoms with Gasteiger partial charge in [-0.3, -0.25) is 9.59 Å². The van der Waals surface area contributed by atoms with Crippen LogP contribution in [0.1, 0.15) is 26.7 Å². The Kier molecular flexibility index (Phi) is 5.06. The molecule has 0 radical (unpaired) electrons. The molecule has 0 fully saturated rings. The van der Waals surface area contributed by atoms with Gasteiger partial charge in [0.15, 0.2) is 0 Å². The summed E-state index contributed by atoms with van der Waals surface area (Å²) < 4.78 is 0. The molecule has 76 valence electrons. The van der Waals surface area contributed by atoms with Crippen molar-refractivity contribution in [3.05, 3.63) is 0 Å². The molecule has 0 heterocycles. The Morgan fingerprint density at radius 3 is 2.31 bits per heavy atom. The molecule has 5 nitrogen and oxygen atoms in total. The van der Waals surface area contributed by atoms with E-state index in [1.807, 2.05) is 6.92 Å². The zero-order chi connectivity index (χ0) is 10.4. The second kappa shape index (κ2) is 5.53. The van der Waals surface area contributed by atoms with Crippen molar-refractivity contribution in [1.82, 2.24) is 5.32 Å². The van der Waals surface area contributed by atoms with Gasteiger partial charge in [-0.2, -0.15) is 0 Å². The lowest BCUT2D eigenvalue weighted by Crippen LogP contribution is -2.42. The highest BCUT2D eigenvalue weighted by Gasteiger charge is 2.11. The van der Waals surface area contributed by atoms with Gasteiger partial charge < -0.3 is 16.8 Å². The minimum Gasteiger partial charge on any atom is -0.368 e. The third-order valence-corrected chi connectivity index (χ3v) is 1.63. The Hall–Kier alpha value is -1.10. The number of nitrogens with two attached hydrogens (primary N) is 2. The van der Waals surface area contributed by atoms with E-state index in [-0.39, 0.29) is 11.9 Å². The Morgan fingerprint density at radius 1 is 1.38 bits per heavy atom. The van der Waals surface area contributed by atoms with Crippen LogP contribution in [0, 0.1) is 0 Å². The molecule has 0 aliphatic rings. The van der Waals surface area contributed by atoms with Crippen molar-refractivity contribution in [2.24, 2.45) is 11.5 Å². The first-order valence-corrected chi connectivity index (χ1v) is 4.27. The van der Waals surface area contributed by atoms with Gasteiger partial charge in [0.1, 0.15) is 6.04 Å². The van der Waals surface area contributed by atoms with Crippen LogP contribution in [0.3, 0.4) is 0 Å². The molecule has 13 heavy (non-hydrogen) atoms. The minimum atomic E-state index is -0.611. The first kappa shape index (κ1) is 11.9. The standard InChI is InChI=1S/C8H17N3O2/c1-5(9)3-4-7(12)11-6(2)8(10)13/h5-6H,3-4,9H2,1-2H3,(H2,10,13)(H,11,12). The highest BCUT2D eigenvalue weighted by atomic mass is 16.2. The van der Waals surface area contributed by atoms with E-state index in [2.05, 4.69) is 5.32 Å². The third kappa shape index (κ3) is 6.10. The Balaban J connectivity index is 3.68. The van der Waals surface area contributed by atoms with Crippen molar-refractivity contribution in [2.45, 2.75) is 38.8 Å². The van der Waals surface area contributed by atoms with Crippen molar-refractivity contribution < 1.29 is 9.59 Å². The monoisotopic (exact) mass is 187 g/mol. The number of nitrogens with one attached hydrogen (secondary N) is 1. The van der Waals surface area contributed by atoms with Gasteiger partial charge >= 0.3 is 0 Å². The van der Waals surface area contributed by atoms with Gasteiger partial charge in [-0.15, -0.1) is 0 Å². The number of amides is 2. The van der Waals surface area contributed by atoms with Gasteiger partial charge in [-0.05, 0) is 20.3 Å². The van der Waals surface area contributed by atoms with Crippen molar-refractivity contribution >= 4 is 11.8 Å². The number of carbonyl (C=O) groups is 2. The van der Waals surface area contributed by atoms with Crippen LogP contribution in [0.2, 0.25) is 0 Å². The Bertz CT molecular complexity index is 192. The fourth-order valence-corrected chi connectivity index (χ4v) is 0.744. The molecule has 0 bridgehead atoms. The van der Waals surface area contributed by atoms with Crippen LogP contribution >= 0.6 is 0 Å². The van der Waals surface area contributed by atoms with Crippen LogP contribution < -0.4 is 16.8 Å². The SMILES string of the molecule is CC(N)CCC(=O)NC(C)C(N)=O. The van der Waals surface area contributed by atoms with Crippen LogP contribution in [0.5, 0.6) is 0 Å². The van der Waals surface area contributed by atoms with E-state index in [1.54, 1.807) is 6.92 Å². The zero-order valence-electron chi connectivity index (χ0n) is 8.04. The van der Waals surface area contributed by atoms with E-state index in [1.165, 1.54) is 0 Å². The van der Waals surface area contributed by atoms with Gasteiger partial charge in [0, 0.05) is 12.5 Å². The molecule has 5 heteroatoms. The van der Waals surface area contributed by atoms with Crippen molar-refractivity contribution in [2.75, 3.05) is 0 Å². The van der Waals surface area contributed by atoms with Crippen LogP contribution in [0.15, 0.2) is 0 Å². The summed E-state index contributed by atoms with van der Waals surface area (Å²) in [6.07, 6.45) is 0.937. The Labute approximate surface area is 77.8 Å². The van der Waals surface area contributed by atoms with E-state index in [0.29, 0.717) is 12.8 Å². The summed E-state index contributed by atoms with van der Waals surface area (Å²) in [5.41, 5.74) is 10.4. The normalized spacial score (nSPS) is 14.7. The quantitative estimate of drug-likeness (QED) is 0.520. The molecule has 0 aromatic heterocycles. The van der Waals surface area contributed by atoms with Gasteiger partial charge in [0.05, 0.1) is 0 Å². The van der Waals surface area contributed by atoms with E-state index >= 15 is 0 Å². The lowest BCUT2D eigenvalue weighted by Gasteiger charge is -2.10. The van der Waals surface area contributed by atoms with Crippen molar-refractivity contribution in [1.29, 1.82) is 0 Å². The maximum absolute atomic E-state index is 11.1. The van der Waals surface area contributed by atoms with Gasteiger partial charge in [-0.1, -0.05) is 0 Å². The summed E-state index contributed by atoms with van der Waals surface area (Å²) >= 11 is 0. The molecule has 2 atom stereocenters. The molecular formula is C8H17N3O2. The largest absolute Gasteiger partial charge is 0.368 e. The molecule has 0 aromatic carbocycles. The minimum absolute atomic E-state index is 0.00497. The molecule has 0 saturated carbocycles. The highest BCUT2D eigenvalue weighted by Crippen LogP contribution is 1.93. The lowest BCUT2D eigenvalue weighted by molar-refractivity contribution is -0.127.